The number of fused-ring (bicyclic) bond motifs is 1. The lowest BCUT2D eigenvalue weighted by atomic mass is 9.98. The highest BCUT2D eigenvalue weighted by Gasteiger charge is 2.04. The van der Waals surface area contributed by atoms with Gasteiger partial charge in [0, 0.05) is 12.2 Å². The minimum absolute atomic E-state index is 0.0799. The van der Waals surface area contributed by atoms with Crippen LogP contribution < -0.4 is 0 Å². The van der Waals surface area contributed by atoms with Crippen LogP contribution in [-0.4, -0.2) is 17.5 Å². The molecule has 3 rings (SSSR count). The Hall–Kier alpha value is -2.45. The van der Waals surface area contributed by atoms with Crippen molar-refractivity contribution in [3.8, 4) is 11.1 Å². The second kappa shape index (κ2) is 6.12. The van der Waals surface area contributed by atoms with Gasteiger partial charge in [-0.1, -0.05) is 48.5 Å². The van der Waals surface area contributed by atoms with Gasteiger partial charge in [-0.3, -0.25) is 4.79 Å². The molecule has 0 aliphatic carbocycles. The van der Waals surface area contributed by atoms with E-state index in [9.17, 15) is 4.79 Å². The molecule has 110 valence electrons. The third-order valence-corrected chi connectivity index (χ3v) is 3.91. The van der Waals surface area contributed by atoms with Crippen molar-refractivity contribution < 1.29 is 9.90 Å². The fraction of sp³-hybridized carbons (Fsp3) is 0.150. The lowest BCUT2D eigenvalue weighted by Crippen LogP contribution is -1.92. The second-order valence-corrected chi connectivity index (χ2v) is 5.51. The Balaban J connectivity index is 2.03. The molecule has 0 amide bonds. The molecular formula is C20H18O2. The molecule has 3 aromatic rings. The normalized spacial score (nSPS) is 10.8. The summed E-state index contributed by atoms with van der Waals surface area (Å²) in [7, 11) is 0. The van der Waals surface area contributed by atoms with E-state index in [4.69, 9.17) is 5.11 Å². The van der Waals surface area contributed by atoms with Gasteiger partial charge in [-0.25, -0.2) is 0 Å². The zero-order chi connectivity index (χ0) is 15.5. The van der Waals surface area contributed by atoms with Crippen molar-refractivity contribution in [2.24, 2.45) is 0 Å². The van der Waals surface area contributed by atoms with Gasteiger partial charge in [-0.2, -0.15) is 0 Å². The van der Waals surface area contributed by atoms with Crippen LogP contribution in [0.2, 0.25) is 0 Å². The van der Waals surface area contributed by atoms with E-state index in [2.05, 4.69) is 30.3 Å². The average Bonchev–Trinajstić information content (AvgIpc) is 2.55. The van der Waals surface area contributed by atoms with Crippen LogP contribution in [0.4, 0.5) is 0 Å². The summed E-state index contributed by atoms with van der Waals surface area (Å²) in [5.74, 6) is 0.0799. The maximum atomic E-state index is 11.5. The van der Waals surface area contributed by atoms with Crippen LogP contribution in [-0.2, 0) is 6.42 Å². The van der Waals surface area contributed by atoms with E-state index in [-0.39, 0.29) is 12.4 Å². The number of aliphatic hydroxyl groups is 1. The van der Waals surface area contributed by atoms with Crippen LogP contribution in [0.1, 0.15) is 22.8 Å². The molecule has 0 saturated heterocycles. The monoisotopic (exact) mass is 290 g/mol. The van der Waals surface area contributed by atoms with Gasteiger partial charge in [0.1, 0.15) is 0 Å². The predicted molar refractivity (Wildman–Crippen MR) is 90.2 cm³/mol. The lowest BCUT2D eigenvalue weighted by Gasteiger charge is -2.07. The molecular weight excluding hydrogens is 272 g/mol. The van der Waals surface area contributed by atoms with E-state index in [1.54, 1.807) is 6.92 Å². The summed E-state index contributed by atoms with van der Waals surface area (Å²) in [5.41, 5.74) is 4.02. The number of hydrogen-bond acceptors (Lipinski definition) is 2. The number of benzene rings is 3. The molecule has 3 aromatic carbocycles. The van der Waals surface area contributed by atoms with Crippen LogP contribution in [0, 0.1) is 0 Å². The van der Waals surface area contributed by atoms with Crippen LogP contribution in [0.5, 0.6) is 0 Å². The quantitative estimate of drug-likeness (QED) is 0.730. The zero-order valence-corrected chi connectivity index (χ0v) is 12.5. The standard InChI is InChI=1S/C20H18O2/c1-14(22)16-3-2-4-17(12-16)20-8-7-18-11-15(9-10-21)5-6-19(18)13-20/h2-8,11-13,21H,9-10H2,1H3. The Morgan fingerprint density at radius 3 is 2.41 bits per heavy atom. The summed E-state index contributed by atoms with van der Waals surface area (Å²) >= 11 is 0. The maximum Gasteiger partial charge on any atom is 0.159 e. The zero-order valence-electron chi connectivity index (χ0n) is 12.5. The van der Waals surface area contributed by atoms with Gasteiger partial charge < -0.3 is 5.11 Å². The largest absolute Gasteiger partial charge is 0.396 e. The molecule has 0 aromatic heterocycles. The topological polar surface area (TPSA) is 37.3 Å². The first-order valence-electron chi connectivity index (χ1n) is 7.42. The molecule has 0 aliphatic heterocycles. The second-order valence-electron chi connectivity index (χ2n) is 5.51. The van der Waals surface area contributed by atoms with E-state index in [1.807, 2.05) is 30.3 Å². The molecule has 0 atom stereocenters. The molecule has 0 fully saturated rings. The Labute approximate surface area is 130 Å². The first-order chi connectivity index (χ1) is 10.7. The minimum atomic E-state index is 0.0799. The van der Waals surface area contributed by atoms with Gasteiger partial charge >= 0.3 is 0 Å². The van der Waals surface area contributed by atoms with Crippen molar-refractivity contribution in [1.82, 2.24) is 0 Å². The Bertz CT molecular complexity index is 834. The van der Waals surface area contributed by atoms with E-state index in [1.165, 1.54) is 0 Å². The molecule has 2 nitrogen and oxygen atoms in total. The van der Waals surface area contributed by atoms with Gasteiger partial charge in [-0.05, 0) is 52.9 Å². The molecule has 0 radical (unpaired) electrons. The van der Waals surface area contributed by atoms with Crippen LogP contribution in [0.3, 0.4) is 0 Å². The van der Waals surface area contributed by atoms with E-state index in [0.717, 1.165) is 33.0 Å². The number of carbonyl (C=O) groups is 1. The molecule has 0 spiro atoms. The average molecular weight is 290 g/mol. The molecule has 0 bridgehead atoms. The van der Waals surface area contributed by atoms with Gasteiger partial charge in [0.05, 0.1) is 0 Å². The lowest BCUT2D eigenvalue weighted by molar-refractivity contribution is 0.101. The van der Waals surface area contributed by atoms with Gasteiger partial charge in [-0.15, -0.1) is 0 Å². The molecule has 1 N–H and O–H groups in total. The first-order valence-corrected chi connectivity index (χ1v) is 7.42. The Kier molecular flexibility index (Phi) is 4.03. The predicted octanol–water partition coefficient (Wildman–Crippen LogP) is 4.24. The third kappa shape index (κ3) is 2.92. The Morgan fingerprint density at radius 1 is 0.909 bits per heavy atom. The van der Waals surface area contributed by atoms with E-state index in [0.29, 0.717) is 6.42 Å². The van der Waals surface area contributed by atoms with Crippen molar-refractivity contribution >= 4 is 16.6 Å². The first kappa shape index (κ1) is 14.5. The number of aliphatic hydroxyl groups excluding tert-OH is 1. The fourth-order valence-corrected chi connectivity index (χ4v) is 2.68. The third-order valence-electron chi connectivity index (χ3n) is 3.91. The summed E-state index contributed by atoms with van der Waals surface area (Å²) in [6.45, 7) is 1.75. The highest BCUT2D eigenvalue weighted by Crippen LogP contribution is 2.26. The number of Topliss-reactive ketones (excluding diaryl/α,β-unsaturated/α-hetero) is 1. The van der Waals surface area contributed by atoms with Gasteiger partial charge in [0.25, 0.3) is 0 Å². The number of carbonyl (C=O) groups excluding carboxylic acids is 1. The molecule has 2 heteroatoms. The van der Waals surface area contributed by atoms with Crippen molar-refractivity contribution in [1.29, 1.82) is 0 Å². The summed E-state index contributed by atoms with van der Waals surface area (Å²) in [5, 5.41) is 11.4. The fourth-order valence-electron chi connectivity index (χ4n) is 2.68. The Morgan fingerprint density at radius 2 is 1.64 bits per heavy atom. The van der Waals surface area contributed by atoms with Crippen LogP contribution in [0.15, 0.2) is 60.7 Å². The highest BCUT2D eigenvalue weighted by atomic mass is 16.2. The van der Waals surface area contributed by atoms with Crippen molar-refractivity contribution in [2.75, 3.05) is 6.61 Å². The number of rotatable bonds is 4. The van der Waals surface area contributed by atoms with E-state index >= 15 is 0 Å². The SMILES string of the molecule is CC(=O)c1cccc(-c2ccc3cc(CCO)ccc3c2)c1. The molecule has 0 unspecified atom stereocenters. The van der Waals surface area contributed by atoms with Crippen molar-refractivity contribution in [3.63, 3.8) is 0 Å². The summed E-state index contributed by atoms with van der Waals surface area (Å²) < 4.78 is 0. The van der Waals surface area contributed by atoms with Crippen LogP contribution >= 0.6 is 0 Å². The summed E-state index contributed by atoms with van der Waals surface area (Å²) in [4.78, 5) is 11.5. The van der Waals surface area contributed by atoms with Crippen molar-refractivity contribution in [2.45, 2.75) is 13.3 Å². The molecule has 0 heterocycles. The number of ketones is 1. The minimum Gasteiger partial charge on any atom is -0.396 e. The summed E-state index contributed by atoms with van der Waals surface area (Å²) in [6.07, 6.45) is 0.679. The smallest absolute Gasteiger partial charge is 0.159 e. The number of hydrogen-bond donors (Lipinski definition) is 1. The molecule has 22 heavy (non-hydrogen) atoms. The molecule has 0 aliphatic rings. The summed E-state index contributed by atoms with van der Waals surface area (Å²) in [6, 6.07) is 20.3. The van der Waals surface area contributed by atoms with E-state index < -0.39 is 0 Å². The van der Waals surface area contributed by atoms with Gasteiger partial charge in [0.2, 0.25) is 0 Å². The van der Waals surface area contributed by atoms with Crippen LogP contribution in [0.25, 0.3) is 21.9 Å². The van der Waals surface area contributed by atoms with Gasteiger partial charge in [0.15, 0.2) is 5.78 Å². The van der Waals surface area contributed by atoms with Crippen molar-refractivity contribution in [3.05, 3.63) is 71.8 Å². The molecule has 0 saturated carbocycles. The maximum absolute atomic E-state index is 11.5. The highest BCUT2D eigenvalue weighted by molar-refractivity contribution is 5.96.